The molecule has 5 rings (SSSR count). The fraction of sp³-hybridized carbons (Fsp3) is 0.316. The zero-order valence-corrected chi connectivity index (χ0v) is 27.6. The Morgan fingerprint density at radius 3 is 1.12 bits per heavy atom. The number of ether oxygens (including phenoxy) is 8. The van der Waals surface area contributed by atoms with Gasteiger partial charge in [-0.1, -0.05) is 36.4 Å². The Kier molecular flexibility index (Phi) is 14.4. The van der Waals surface area contributed by atoms with Crippen molar-refractivity contribution in [3.05, 3.63) is 96.3 Å². The van der Waals surface area contributed by atoms with Gasteiger partial charge in [0.2, 0.25) is 0 Å². The van der Waals surface area contributed by atoms with Crippen molar-refractivity contribution in [1.82, 2.24) is 9.97 Å². The molecule has 0 atom stereocenters. The maximum absolute atomic E-state index is 9.72. The number of pyridine rings is 2. The molecule has 0 unspecified atom stereocenters. The summed E-state index contributed by atoms with van der Waals surface area (Å²) in [4.78, 5) is 8.75. The molecule has 258 valence electrons. The van der Waals surface area contributed by atoms with Gasteiger partial charge in [-0.05, 0) is 36.4 Å². The Morgan fingerprint density at radius 2 is 0.740 bits per heavy atom. The van der Waals surface area contributed by atoms with Gasteiger partial charge >= 0.3 is 0 Å². The number of para-hydroxylation sites is 2. The van der Waals surface area contributed by atoms with E-state index < -0.39 is 0 Å². The number of fused-ring (bicyclic) bond motifs is 2. The molecule has 0 bridgehead atoms. The minimum atomic E-state index is 0.102. The average Bonchev–Trinajstić information content (AvgIpc) is 3.16. The van der Waals surface area contributed by atoms with E-state index in [0.717, 1.165) is 33.3 Å². The van der Waals surface area contributed by atoms with Crippen LogP contribution in [-0.2, 0) is 18.9 Å². The third-order valence-electron chi connectivity index (χ3n) is 7.23. The smallest absolute Gasteiger partial charge is 0.145 e. The Morgan fingerprint density at radius 1 is 0.400 bits per heavy atom. The molecule has 5 aromatic rings. The maximum atomic E-state index is 9.72. The lowest BCUT2D eigenvalue weighted by Gasteiger charge is -2.13. The van der Waals surface area contributed by atoms with Crippen molar-refractivity contribution in [2.24, 2.45) is 0 Å². The molecule has 2 aromatic heterocycles. The first-order valence-corrected chi connectivity index (χ1v) is 16.3. The van der Waals surface area contributed by atoms with Gasteiger partial charge in [0, 0.05) is 23.2 Å². The minimum absolute atomic E-state index is 0.102. The highest BCUT2D eigenvalue weighted by Crippen LogP contribution is 2.30. The summed E-state index contributed by atoms with van der Waals surface area (Å²) in [6.45, 7) is 4.06. The molecular weight excluding hydrogens is 640 g/mol. The van der Waals surface area contributed by atoms with Crippen molar-refractivity contribution < 1.29 is 37.9 Å². The predicted octanol–water partition coefficient (Wildman–Crippen LogP) is 5.51. The topological polar surface area (TPSA) is 147 Å². The van der Waals surface area contributed by atoms with Gasteiger partial charge in [0.25, 0.3) is 0 Å². The lowest BCUT2D eigenvalue weighted by molar-refractivity contribution is 0.0271. The fourth-order valence-electron chi connectivity index (χ4n) is 4.90. The third kappa shape index (κ3) is 10.5. The van der Waals surface area contributed by atoms with E-state index in [0.29, 0.717) is 52.9 Å². The average molecular weight is 679 g/mol. The van der Waals surface area contributed by atoms with E-state index in [1.54, 1.807) is 24.5 Å². The molecule has 0 saturated carbocycles. The van der Waals surface area contributed by atoms with E-state index in [9.17, 15) is 10.5 Å². The Hall–Kier alpha value is -5.50. The van der Waals surface area contributed by atoms with Gasteiger partial charge in [0.1, 0.15) is 83.7 Å². The van der Waals surface area contributed by atoms with Gasteiger partial charge in [-0.2, -0.15) is 10.5 Å². The van der Waals surface area contributed by atoms with Crippen molar-refractivity contribution in [2.75, 3.05) is 79.3 Å². The third-order valence-corrected chi connectivity index (χ3v) is 7.23. The summed E-state index contributed by atoms with van der Waals surface area (Å²) >= 11 is 0. The van der Waals surface area contributed by atoms with Crippen LogP contribution >= 0.6 is 0 Å². The molecule has 0 amide bonds. The van der Waals surface area contributed by atoms with Crippen molar-refractivity contribution in [3.63, 3.8) is 0 Å². The molecule has 2 heterocycles. The normalized spacial score (nSPS) is 10.8. The molecule has 50 heavy (non-hydrogen) atoms. The van der Waals surface area contributed by atoms with E-state index in [1.165, 1.54) is 0 Å². The number of benzene rings is 3. The minimum Gasteiger partial charge on any atom is -0.490 e. The molecule has 0 aliphatic rings. The number of nitrogens with zero attached hydrogens (tertiary/aromatic N) is 4. The first-order valence-electron chi connectivity index (χ1n) is 16.3. The van der Waals surface area contributed by atoms with Gasteiger partial charge < -0.3 is 37.9 Å². The molecule has 0 saturated heterocycles. The Balaban J connectivity index is 0.900. The number of nitriles is 2. The van der Waals surface area contributed by atoms with Gasteiger partial charge in [-0.25, -0.2) is 0 Å². The second-order valence-corrected chi connectivity index (χ2v) is 10.5. The van der Waals surface area contributed by atoms with Crippen molar-refractivity contribution >= 4 is 21.8 Å². The molecule has 0 spiro atoms. The van der Waals surface area contributed by atoms with E-state index in [1.807, 2.05) is 72.8 Å². The summed E-state index contributed by atoms with van der Waals surface area (Å²) in [5.41, 5.74) is 1.84. The van der Waals surface area contributed by atoms with Gasteiger partial charge in [0.15, 0.2) is 0 Å². The van der Waals surface area contributed by atoms with Crippen LogP contribution in [0.25, 0.3) is 21.8 Å². The van der Waals surface area contributed by atoms with Crippen LogP contribution in [0.3, 0.4) is 0 Å². The molecule has 0 aliphatic carbocycles. The Labute approximate surface area is 290 Å². The molecule has 0 radical (unpaired) electrons. The lowest BCUT2D eigenvalue weighted by Crippen LogP contribution is -2.14. The second kappa shape index (κ2) is 20.1. The molecule has 12 nitrogen and oxygen atoms in total. The SMILES string of the molecule is N#Cc1c(OCCOCCOCCOc2cccc3cccnc23)ccc(OCCOCCOCCOc2cccc3cccnc23)c1C#N. The van der Waals surface area contributed by atoms with Crippen LogP contribution in [0.1, 0.15) is 11.1 Å². The fourth-order valence-corrected chi connectivity index (χ4v) is 4.90. The summed E-state index contributed by atoms with van der Waals surface area (Å²) in [5, 5.41) is 21.5. The predicted molar refractivity (Wildman–Crippen MR) is 185 cm³/mol. The van der Waals surface area contributed by atoms with Crippen molar-refractivity contribution in [3.8, 4) is 35.1 Å². The van der Waals surface area contributed by atoms with Crippen molar-refractivity contribution in [2.45, 2.75) is 0 Å². The molecule has 0 fully saturated rings. The van der Waals surface area contributed by atoms with Crippen LogP contribution in [0.4, 0.5) is 0 Å². The summed E-state index contributed by atoms with van der Waals surface area (Å²) < 4.78 is 45.4. The molecule has 0 aliphatic heterocycles. The van der Waals surface area contributed by atoms with Crippen LogP contribution in [0, 0.1) is 22.7 Å². The molecule has 0 N–H and O–H groups in total. The van der Waals surface area contributed by atoms with Crippen LogP contribution < -0.4 is 18.9 Å². The van der Waals surface area contributed by atoms with E-state index in [4.69, 9.17) is 37.9 Å². The number of aromatic nitrogens is 2. The molecule has 3 aromatic carbocycles. The number of hydrogen-bond acceptors (Lipinski definition) is 12. The van der Waals surface area contributed by atoms with Crippen LogP contribution in [-0.4, -0.2) is 89.3 Å². The summed E-state index contributed by atoms with van der Waals surface area (Å²) in [5.74, 6) is 2.00. The van der Waals surface area contributed by atoms with Gasteiger partial charge in [0.05, 0.1) is 52.9 Å². The first kappa shape index (κ1) is 35.8. The largest absolute Gasteiger partial charge is 0.490 e. The summed E-state index contributed by atoms with van der Waals surface area (Å²) in [6, 6.07) is 26.7. The van der Waals surface area contributed by atoms with Crippen LogP contribution in [0.15, 0.2) is 85.2 Å². The van der Waals surface area contributed by atoms with Crippen molar-refractivity contribution in [1.29, 1.82) is 10.5 Å². The Bertz CT molecular complexity index is 1740. The second-order valence-electron chi connectivity index (χ2n) is 10.5. The quantitative estimate of drug-likeness (QED) is 0.0851. The highest BCUT2D eigenvalue weighted by atomic mass is 16.6. The van der Waals surface area contributed by atoms with Gasteiger partial charge in [-0.3, -0.25) is 9.97 Å². The molecule has 12 heteroatoms. The van der Waals surface area contributed by atoms with E-state index >= 15 is 0 Å². The van der Waals surface area contributed by atoms with E-state index in [2.05, 4.69) is 9.97 Å². The highest BCUT2D eigenvalue weighted by Gasteiger charge is 2.16. The van der Waals surface area contributed by atoms with Crippen LogP contribution in [0.2, 0.25) is 0 Å². The maximum Gasteiger partial charge on any atom is 0.145 e. The zero-order valence-electron chi connectivity index (χ0n) is 27.6. The molecular formula is C38H38N4O8. The summed E-state index contributed by atoms with van der Waals surface area (Å²) in [7, 11) is 0. The zero-order chi connectivity index (χ0) is 34.6. The lowest BCUT2D eigenvalue weighted by atomic mass is 10.1. The van der Waals surface area contributed by atoms with Gasteiger partial charge in [-0.15, -0.1) is 0 Å². The first-order chi connectivity index (χ1) is 24.8. The van der Waals surface area contributed by atoms with Crippen LogP contribution in [0.5, 0.6) is 23.0 Å². The van der Waals surface area contributed by atoms with E-state index in [-0.39, 0.29) is 49.1 Å². The standard InChI is InChI=1S/C38H38N4O8/c39-27-31-32(28-40)34(48-24-20-44-16-18-46-22-26-50-36-10-2-6-30-8-4-14-42-38(30)36)12-11-33(31)47-23-19-43-15-17-45-21-25-49-35-9-1-5-29-7-3-13-41-37(29)35/h1-14H,15-26H2. The number of hydrogen-bond donors (Lipinski definition) is 0. The highest BCUT2D eigenvalue weighted by molar-refractivity contribution is 5.84. The summed E-state index contributed by atoms with van der Waals surface area (Å²) in [6.07, 6.45) is 3.48. The monoisotopic (exact) mass is 678 g/mol. The number of rotatable bonds is 22.